The highest BCUT2D eigenvalue weighted by Crippen LogP contribution is 2.24. The molecule has 1 N–H and O–H groups in total. The van der Waals surface area contributed by atoms with Gasteiger partial charge in [-0.3, -0.25) is 9.78 Å². The van der Waals surface area contributed by atoms with Gasteiger partial charge in [0.05, 0.1) is 11.9 Å². The van der Waals surface area contributed by atoms with E-state index in [1.54, 1.807) is 6.20 Å². The Labute approximate surface area is 131 Å². The van der Waals surface area contributed by atoms with Gasteiger partial charge in [-0.1, -0.05) is 32.9 Å². The lowest BCUT2D eigenvalue weighted by atomic mass is 9.87. The number of pyridine rings is 1. The predicted octanol–water partition coefficient (Wildman–Crippen LogP) is 3.71. The van der Waals surface area contributed by atoms with E-state index in [9.17, 15) is 4.79 Å². The van der Waals surface area contributed by atoms with Gasteiger partial charge in [0.25, 0.3) is 5.91 Å². The molecule has 4 nitrogen and oxygen atoms in total. The van der Waals surface area contributed by atoms with Gasteiger partial charge in [-0.05, 0) is 42.2 Å². The summed E-state index contributed by atoms with van der Waals surface area (Å²) in [7, 11) is 0. The molecule has 0 fully saturated rings. The highest BCUT2D eigenvalue weighted by molar-refractivity contribution is 5.91. The molecule has 0 unspecified atom stereocenters. The van der Waals surface area contributed by atoms with Crippen molar-refractivity contribution in [2.75, 3.05) is 11.9 Å². The molecule has 0 aliphatic rings. The third-order valence-electron chi connectivity index (χ3n) is 3.29. The molecule has 1 aromatic heterocycles. The lowest BCUT2D eigenvalue weighted by molar-refractivity contribution is -0.118. The second kappa shape index (κ2) is 6.60. The van der Waals surface area contributed by atoms with Gasteiger partial charge in [-0.25, -0.2) is 0 Å². The normalized spacial score (nSPS) is 11.1. The molecule has 1 amide bonds. The number of hydrogen-bond acceptors (Lipinski definition) is 3. The van der Waals surface area contributed by atoms with Crippen LogP contribution in [0.25, 0.3) is 0 Å². The number of carbonyl (C=O) groups excluding carboxylic acids is 1. The molecular weight excluding hydrogens is 276 g/mol. The molecule has 2 aromatic rings. The van der Waals surface area contributed by atoms with E-state index in [0.717, 1.165) is 5.69 Å². The Hall–Kier alpha value is -2.36. The number of ether oxygens (including phenoxy) is 1. The zero-order valence-corrected chi connectivity index (χ0v) is 13.5. The zero-order valence-electron chi connectivity index (χ0n) is 13.5. The molecule has 0 saturated heterocycles. The lowest BCUT2D eigenvalue weighted by Gasteiger charge is -2.19. The molecule has 0 aliphatic heterocycles. The molecule has 0 bridgehead atoms. The molecular formula is C18H22N2O2. The van der Waals surface area contributed by atoms with Gasteiger partial charge in [0.1, 0.15) is 5.75 Å². The van der Waals surface area contributed by atoms with Gasteiger partial charge in [0.15, 0.2) is 6.61 Å². The molecule has 1 heterocycles. The molecule has 22 heavy (non-hydrogen) atoms. The Morgan fingerprint density at radius 2 is 1.82 bits per heavy atom. The zero-order chi connectivity index (χ0) is 16.2. The smallest absolute Gasteiger partial charge is 0.262 e. The Balaban J connectivity index is 1.87. The molecule has 4 heteroatoms. The first-order valence-electron chi connectivity index (χ1n) is 7.30. The number of nitrogens with zero attached hydrogens (tertiary/aromatic N) is 1. The van der Waals surface area contributed by atoms with E-state index in [4.69, 9.17) is 4.74 Å². The van der Waals surface area contributed by atoms with Crippen LogP contribution in [0.3, 0.4) is 0 Å². The van der Waals surface area contributed by atoms with Gasteiger partial charge >= 0.3 is 0 Å². The van der Waals surface area contributed by atoms with Crippen LogP contribution in [-0.2, 0) is 10.2 Å². The summed E-state index contributed by atoms with van der Waals surface area (Å²) in [6.45, 7) is 8.35. The fourth-order valence-electron chi connectivity index (χ4n) is 1.94. The number of aromatic nitrogens is 1. The largest absolute Gasteiger partial charge is 0.484 e. The topological polar surface area (TPSA) is 51.2 Å². The van der Waals surface area contributed by atoms with Crippen LogP contribution < -0.4 is 10.1 Å². The number of benzene rings is 1. The van der Waals surface area contributed by atoms with Crippen LogP contribution in [0.5, 0.6) is 5.75 Å². The predicted molar refractivity (Wildman–Crippen MR) is 88.2 cm³/mol. The van der Waals surface area contributed by atoms with E-state index < -0.39 is 0 Å². The van der Waals surface area contributed by atoms with Crippen LogP contribution in [0, 0.1) is 6.92 Å². The number of carbonyl (C=O) groups is 1. The van der Waals surface area contributed by atoms with Gasteiger partial charge in [-0.2, -0.15) is 0 Å². The highest BCUT2D eigenvalue weighted by atomic mass is 16.5. The minimum absolute atomic E-state index is 0.0251. The second-order valence-corrected chi connectivity index (χ2v) is 6.30. The number of anilines is 1. The van der Waals surface area contributed by atoms with E-state index in [1.807, 2.05) is 43.3 Å². The van der Waals surface area contributed by atoms with Gasteiger partial charge < -0.3 is 10.1 Å². The van der Waals surface area contributed by atoms with Crippen LogP contribution in [-0.4, -0.2) is 17.5 Å². The Morgan fingerprint density at radius 1 is 1.14 bits per heavy atom. The summed E-state index contributed by atoms with van der Waals surface area (Å²) in [5, 5.41) is 2.75. The minimum Gasteiger partial charge on any atom is -0.484 e. The maximum absolute atomic E-state index is 11.8. The summed E-state index contributed by atoms with van der Waals surface area (Å²) in [6.07, 6.45) is 1.63. The summed E-state index contributed by atoms with van der Waals surface area (Å²) in [4.78, 5) is 16.0. The summed E-state index contributed by atoms with van der Waals surface area (Å²) in [5.74, 6) is 0.482. The van der Waals surface area contributed by atoms with Gasteiger partial charge in [-0.15, -0.1) is 0 Å². The Kier molecular flexibility index (Phi) is 4.81. The molecule has 0 radical (unpaired) electrons. The first-order chi connectivity index (χ1) is 10.3. The van der Waals surface area contributed by atoms with Gasteiger partial charge in [0.2, 0.25) is 0 Å². The maximum atomic E-state index is 11.8. The van der Waals surface area contributed by atoms with E-state index >= 15 is 0 Å². The average molecular weight is 298 g/mol. The average Bonchev–Trinajstić information content (AvgIpc) is 2.47. The van der Waals surface area contributed by atoms with Crippen LogP contribution >= 0.6 is 0 Å². The standard InChI is InChI=1S/C18H22N2O2/c1-13-5-8-15(11-19-13)20-17(21)12-22-16-9-6-14(7-10-16)18(2,3)4/h5-11H,12H2,1-4H3,(H,20,21). The SMILES string of the molecule is Cc1ccc(NC(=O)COc2ccc(C(C)(C)C)cc2)cn1. The fraction of sp³-hybridized carbons (Fsp3) is 0.333. The molecule has 0 spiro atoms. The minimum atomic E-state index is -0.203. The molecule has 2 rings (SSSR count). The number of rotatable bonds is 4. The van der Waals surface area contributed by atoms with E-state index in [2.05, 4.69) is 31.1 Å². The first-order valence-corrected chi connectivity index (χ1v) is 7.30. The van der Waals surface area contributed by atoms with Gasteiger partial charge in [0, 0.05) is 5.69 Å². The molecule has 0 saturated carbocycles. The summed E-state index contributed by atoms with van der Waals surface area (Å²) in [5.41, 5.74) is 2.92. The van der Waals surface area contributed by atoms with Crippen molar-refractivity contribution in [2.45, 2.75) is 33.1 Å². The first kappa shape index (κ1) is 16.0. The second-order valence-electron chi connectivity index (χ2n) is 6.30. The van der Waals surface area contributed by atoms with Crippen molar-refractivity contribution in [1.82, 2.24) is 4.98 Å². The Morgan fingerprint density at radius 3 is 2.36 bits per heavy atom. The van der Waals surface area contributed by atoms with Crippen molar-refractivity contribution < 1.29 is 9.53 Å². The molecule has 0 aliphatic carbocycles. The van der Waals surface area contributed by atoms with Crippen molar-refractivity contribution in [3.05, 3.63) is 53.9 Å². The van der Waals surface area contributed by atoms with E-state index in [0.29, 0.717) is 11.4 Å². The maximum Gasteiger partial charge on any atom is 0.262 e. The van der Waals surface area contributed by atoms with Crippen molar-refractivity contribution >= 4 is 11.6 Å². The Bertz CT molecular complexity index is 626. The summed E-state index contributed by atoms with van der Waals surface area (Å²) >= 11 is 0. The van der Waals surface area contributed by atoms with Crippen LogP contribution in [0.4, 0.5) is 5.69 Å². The third-order valence-corrected chi connectivity index (χ3v) is 3.29. The number of nitrogens with one attached hydrogen (secondary N) is 1. The number of amides is 1. The third kappa shape index (κ3) is 4.58. The van der Waals surface area contributed by atoms with Crippen LogP contribution in [0.15, 0.2) is 42.6 Å². The molecule has 1 aromatic carbocycles. The number of aryl methyl sites for hydroxylation is 1. The van der Waals surface area contributed by atoms with Crippen LogP contribution in [0.1, 0.15) is 32.0 Å². The van der Waals surface area contributed by atoms with Crippen molar-refractivity contribution in [2.24, 2.45) is 0 Å². The molecule has 0 atom stereocenters. The number of hydrogen-bond donors (Lipinski definition) is 1. The molecule has 116 valence electrons. The highest BCUT2D eigenvalue weighted by Gasteiger charge is 2.13. The monoisotopic (exact) mass is 298 g/mol. The van der Waals surface area contributed by atoms with E-state index in [1.165, 1.54) is 5.56 Å². The van der Waals surface area contributed by atoms with Crippen molar-refractivity contribution in [3.8, 4) is 5.75 Å². The quantitative estimate of drug-likeness (QED) is 0.936. The summed E-state index contributed by atoms with van der Waals surface area (Å²) < 4.78 is 5.50. The fourth-order valence-corrected chi connectivity index (χ4v) is 1.94. The summed E-state index contributed by atoms with van der Waals surface area (Å²) in [6, 6.07) is 11.5. The van der Waals surface area contributed by atoms with E-state index in [-0.39, 0.29) is 17.9 Å². The lowest BCUT2D eigenvalue weighted by Crippen LogP contribution is -2.20. The van der Waals surface area contributed by atoms with Crippen molar-refractivity contribution in [1.29, 1.82) is 0 Å². The van der Waals surface area contributed by atoms with Crippen LogP contribution in [0.2, 0.25) is 0 Å². The van der Waals surface area contributed by atoms with Crippen molar-refractivity contribution in [3.63, 3.8) is 0 Å².